The zero-order valence-corrected chi connectivity index (χ0v) is 9.76. The second-order valence-corrected chi connectivity index (χ2v) is 4.52. The van der Waals surface area contributed by atoms with Crippen molar-refractivity contribution in [3.05, 3.63) is 35.4 Å². The molecule has 0 heterocycles. The minimum Gasteiger partial charge on any atom is -0.294 e. The van der Waals surface area contributed by atoms with E-state index in [1.807, 2.05) is 20.8 Å². The molecule has 0 saturated carbocycles. The lowest BCUT2D eigenvalue weighted by Gasteiger charge is -2.12. The van der Waals surface area contributed by atoms with Gasteiger partial charge in [-0.3, -0.25) is 4.79 Å². The quantitative estimate of drug-likeness (QED) is 0.713. The van der Waals surface area contributed by atoms with E-state index in [9.17, 15) is 13.6 Å². The van der Waals surface area contributed by atoms with E-state index in [0.717, 1.165) is 18.6 Å². The number of halogens is 2. The summed E-state index contributed by atoms with van der Waals surface area (Å²) in [6.07, 6.45) is 0.748. The van der Waals surface area contributed by atoms with Crippen LogP contribution < -0.4 is 0 Å². The third-order valence-corrected chi connectivity index (χ3v) is 2.48. The van der Waals surface area contributed by atoms with Crippen LogP contribution in [0.15, 0.2) is 18.2 Å². The van der Waals surface area contributed by atoms with E-state index in [1.54, 1.807) is 0 Å². The molecule has 0 amide bonds. The van der Waals surface area contributed by atoms with Gasteiger partial charge in [0.15, 0.2) is 17.4 Å². The molecule has 88 valence electrons. The summed E-state index contributed by atoms with van der Waals surface area (Å²) in [5, 5.41) is 0. The highest BCUT2D eigenvalue weighted by Gasteiger charge is 2.17. The smallest absolute Gasteiger partial charge is 0.165 e. The van der Waals surface area contributed by atoms with Crippen molar-refractivity contribution in [1.29, 1.82) is 0 Å². The van der Waals surface area contributed by atoms with Crippen LogP contribution in [0.25, 0.3) is 0 Å². The summed E-state index contributed by atoms with van der Waals surface area (Å²) in [6, 6.07) is 3.29. The van der Waals surface area contributed by atoms with Crippen LogP contribution >= 0.6 is 0 Å². The molecule has 0 aliphatic heterocycles. The number of rotatable bonds is 4. The maximum atomic E-state index is 12.9. The van der Waals surface area contributed by atoms with Gasteiger partial charge in [-0.1, -0.05) is 20.8 Å². The van der Waals surface area contributed by atoms with Gasteiger partial charge < -0.3 is 0 Å². The van der Waals surface area contributed by atoms with Crippen molar-refractivity contribution >= 4 is 5.78 Å². The van der Waals surface area contributed by atoms with Gasteiger partial charge in [0.2, 0.25) is 0 Å². The molecule has 0 aliphatic carbocycles. The van der Waals surface area contributed by atoms with Gasteiger partial charge in [0.25, 0.3) is 0 Å². The number of carbonyl (C=O) groups is 1. The summed E-state index contributed by atoms with van der Waals surface area (Å²) in [6.45, 7) is 5.85. The molecule has 0 aliphatic rings. The lowest BCUT2D eigenvalue weighted by atomic mass is 9.91. The molecule has 0 saturated heterocycles. The Morgan fingerprint density at radius 3 is 2.31 bits per heavy atom. The van der Waals surface area contributed by atoms with E-state index < -0.39 is 11.6 Å². The van der Waals surface area contributed by atoms with Crippen LogP contribution in [0.5, 0.6) is 0 Å². The summed E-state index contributed by atoms with van der Waals surface area (Å²) in [7, 11) is 0. The standard InChI is InChI=1S/C13H16F2O/c1-8(2)6-9(3)13(16)10-4-5-11(14)12(15)7-10/h4-5,7-9H,6H2,1-3H3. The second-order valence-electron chi connectivity index (χ2n) is 4.52. The zero-order valence-electron chi connectivity index (χ0n) is 9.76. The number of carbonyl (C=O) groups excluding carboxylic acids is 1. The Kier molecular flexibility index (Phi) is 4.16. The number of benzene rings is 1. The van der Waals surface area contributed by atoms with Gasteiger partial charge in [-0.15, -0.1) is 0 Å². The van der Waals surface area contributed by atoms with E-state index >= 15 is 0 Å². The molecule has 0 bridgehead atoms. The Morgan fingerprint density at radius 1 is 1.19 bits per heavy atom. The molecule has 1 unspecified atom stereocenters. The first-order chi connectivity index (χ1) is 7.41. The van der Waals surface area contributed by atoms with Gasteiger partial charge in [0, 0.05) is 11.5 Å². The Morgan fingerprint density at radius 2 is 1.81 bits per heavy atom. The zero-order chi connectivity index (χ0) is 12.3. The Labute approximate surface area is 94.5 Å². The van der Waals surface area contributed by atoms with Crippen LogP contribution in [0.3, 0.4) is 0 Å². The fourth-order valence-corrected chi connectivity index (χ4v) is 1.75. The van der Waals surface area contributed by atoms with Crippen molar-refractivity contribution in [2.24, 2.45) is 11.8 Å². The van der Waals surface area contributed by atoms with Gasteiger partial charge in [0.05, 0.1) is 0 Å². The minimum absolute atomic E-state index is 0.132. The average molecular weight is 226 g/mol. The summed E-state index contributed by atoms with van der Waals surface area (Å²) in [5.74, 6) is -1.78. The summed E-state index contributed by atoms with van der Waals surface area (Å²) in [5.41, 5.74) is 0.243. The first kappa shape index (κ1) is 12.8. The van der Waals surface area contributed by atoms with E-state index in [0.29, 0.717) is 5.92 Å². The van der Waals surface area contributed by atoms with Crippen LogP contribution in [0.4, 0.5) is 8.78 Å². The molecule has 0 spiro atoms. The van der Waals surface area contributed by atoms with Gasteiger partial charge in [-0.25, -0.2) is 8.78 Å². The van der Waals surface area contributed by atoms with Crippen LogP contribution in [0.1, 0.15) is 37.6 Å². The third kappa shape index (κ3) is 3.12. The lowest BCUT2D eigenvalue weighted by Crippen LogP contribution is -2.14. The molecule has 1 nitrogen and oxygen atoms in total. The van der Waals surface area contributed by atoms with Crippen molar-refractivity contribution < 1.29 is 13.6 Å². The van der Waals surface area contributed by atoms with Gasteiger partial charge in [-0.05, 0) is 30.5 Å². The second kappa shape index (κ2) is 5.19. The highest BCUT2D eigenvalue weighted by Crippen LogP contribution is 2.18. The number of ketones is 1. The number of hydrogen-bond donors (Lipinski definition) is 0. The Hall–Kier alpha value is -1.25. The molecule has 1 atom stereocenters. The fourth-order valence-electron chi connectivity index (χ4n) is 1.75. The SMILES string of the molecule is CC(C)CC(C)C(=O)c1ccc(F)c(F)c1. The highest BCUT2D eigenvalue weighted by molar-refractivity contribution is 5.97. The molecule has 0 aromatic heterocycles. The van der Waals surface area contributed by atoms with Crippen molar-refractivity contribution in [3.63, 3.8) is 0 Å². The van der Waals surface area contributed by atoms with Gasteiger partial charge in [0.1, 0.15) is 0 Å². The lowest BCUT2D eigenvalue weighted by molar-refractivity contribution is 0.0915. The van der Waals surface area contributed by atoms with Crippen LogP contribution in [0.2, 0.25) is 0 Å². The summed E-state index contributed by atoms with van der Waals surface area (Å²) >= 11 is 0. The maximum absolute atomic E-state index is 12.9. The minimum atomic E-state index is -0.970. The van der Waals surface area contributed by atoms with Gasteiger partial charge >= 0.3 is 0 Å². The molecular weight excluding hydrogens is 210 g/mol. The largest absolute Gasteiger partial charge is 0.294 e. The molecule has 0 radical (unpaired) electrons. The number of hydrogen-bond acceptors (Lipinski definition) is 1. The topological polar surface area (TPSA) is 17.1 Å². The third-order valence-electron chi connectivity index (χ3n) is 2.48. The predicted octanol–water partition coefficient (Wildman–Crippen LogP) is 3.83. The fraction of sp³-hybridized carbons (Fsp3) is 0.462. The van der Waals surface area contributed by atoms with E-state index in [1.165, 1.54) is 6.07 Å². The maximum Gasteiger partial charge on any atom is 0.165 e. The predicted molar refractivity (Wildman–Crippen MR) is 59.3 cm³/mol. The highest BCUT2D eigenvalue weighted by atomic mass is 19.2. The molecule has 1 aromatic carbocycles. The van der Waals surface area contributed by atoms with Crippen molar-refractivity contribution in [3.8, 4) is 0 Å². The van der Waals surface area contributed by atoms with E-state index in [2.05, 4.69) is 0 Å². The Bertz CT molecular complexity index is 386. The molecule has 0 N–H and O–H groups in total. The first-order valence-electron chi connectivity index (χ1n) is 5.41. The van der Waals surface area contributed by atoms with Crippen molar-refractivity contribution in [2.45, 2.75) is 27.2 Å². The van der Waals surface area contributed by atoms with Crippen molar-refractivity contribution in [1.82, 2.24) is 0 Å². The Balaban J connectivity index is 2.84. The van der Waals surface area contributed by atoms with Crippen LogP contribution in [-0.4, -0.2) is 5.78 Å². The first-order valence-corrected chi connectivity index (χ1v) is 5.41. The van der Waals surface area contributed by atoms with Crippen LogP contribution in [-0.2, 0) is 0 Å². The molecular formula is C13H16F2O. The van der Waals surface area contributed by atoms with Gasteiger partial charge in [-0.2, -0.15) is 0 Å². The summed E-state index contributed by atoms with van der Waals surface area (Å²) < 4.78 is 25.6. The van der Waals surface area contributed by atoms with Crippen LogP contribution in [0, 0.1) is 23.5 Å². The molecule has 16 heavy (non-hydrogen) atoms. The normalized spacial score (nSPS) is 12.9. The molecule has 1 aromatic rings. The molecule has 1 rings (SSSR count). The van der Waals surface area contributed by atoms with E-state index in [4.69, 9.17) is 0 Å². The summed E-state index contributed by atoms with van der Waals surface area (Å²) in [4.78, 5) is 11.9. The molecule has 0 fully saturated rings. The number of Topliss-reactive ketones (excluding diaryl/α,β-unsaturated/α-hetero) is 1. The molecule has 3 heteroatoms. The monoisotopic (exact) mass is 226 g/mol. The van der Waals surface area contributed by atoms with E-state index in [-0.39, 0.29) is 17.3 Å². The van der Waals surface area contributed by atoms with Crippen molar-refractivity contribution in [2.75, 3.05) is 0 Å². The average Bonchev–Trinajstić information content (AvgIpc) is 2.20.